The molecule has 2 aliphatic rings. The van der Waals surface area contributed by atoms with Crippen molar-refractivity contribution in [2.24, 2.45) is 0 Å². The summed E-state index contributed by atoms with van der Waals surface area (Å²) in [6, 6.07) is 11.3. The SMILES string of the molecule is O=C1Nc2ncccc2C12Cc1cc3ccc(=O)[nH]c3cc1C2. The fraction of sp³-hybridized carbons (Fsp3) is 0.167. The molecule has 0 saturated heterocycles. The standard InChI is InChI=1S/C18H13N3O2/c22-15-4-3-10-6-11-8-18(9-12(11)7-14(10)20-15)13-2-1-5-19-16(13)21-17(18)23/h1-7H,8-9H2,(H,20,22)(H,19,21,23). The molecule has 23 heavy (non-hydrogen) atoms. The Morgan fingerprint density at radius 2 is 1.87 bits per heavy atom. The third-order valence-electron chi connectivity index (χ3n) is 5.02. The van der Waals surface area contributed by atoms with Gasteiger partial charge >= 0.3 is 0 Å². The average Bonchev–Trinajstić information content (AvgIpc) is 3.04. The van der Waals surface area contributed by atoms with Gasteiger partial charge in [-0.3, -0.25) is 9.59 Å². The Hall–Kier alpha value is -2.95. The summed E-state index contributed by atoms with van der Waals surface area (Å²) < 4.78 is 0. The van der Waals surface area contributed by atoms with E-state index in [4.69, 9.17) is 0 Å². The minimum absolute atomic E-state index is 0.0138. The summed E-state index contributed by atoms with van der Waals surface area (Å²) in [5, 5.41) is 3.90. The highest BCUT2D eigenvalue weighted by molar-refractivity contribution is 6.06. The van der Waals surface area contributed by atoms with Crippen LogP contribution in [0.5, 0.6) is 0 Å². The summed E-state index contributed by atoms with van der Waals surface area (Å²) in [6.07, 6.45) is 3.00. The Labute approximate surface area is 131 Å². The van der Waals surface area contributed by atoms with Crippen LogP contribution in [0.15, 0.2) is 47.4 Å². The van der Waals surface area contributed by atoms with E-state index < -0.39 is 5.41 Å². The van der Waals surface area contributed by atoms with Gasteiger partial charge in [-0.1, -0.05) is 6.07 Å². The van der Waals surface area contributed by atoms with E-state index in [9.17, 15) is 9.59 Å². The van der Waals surface area contributed by atoms with E-state index in [0.717, 1.165) is 27.6 Å². The molecule has 1 spiro atoms. The lowest BCUT2D eigenvalue weighted by molar-refractivity contribution is -0.120. The fourth-order valence-corrected chi connectivity index (χ4v) is 3.93. The molecule has 1 atom stereocenters. The number of H-pyrrole nitrogens is 1. The van der Waals surface area contributed by atoms with Crippen molar-refractivity contribution < 1.29 is 4.79 Å². The van der Waals surface area contributed by atoms with Gasteiger partial charge in [-0.25, -0.2) is 4.98 Å². The summed E-state index contributed by atoms with van der Waals surface area (Å²) in [6.45, 7) is 0. The number of nitrogens with one attached hydrogen (secondary N) is 2. The molecule has 3 aromatic rings. The second-order valence-electron chi connectivity index (χ2n) is 6.32. The zero-order chi connectivity index (χ0) is 15.6. The molecule has 0 saturated carbocycles. The number of carbonyl (C=O) groups excluding carboxylic acids is 1. The zero-order valence-electron chi connectivity index (χ0n) is 12.2. The molecule has 1 aromatic carbocycles. The van der Waals surface area contributed by atoms with Gasteiger partial charge < -0.3 is 10.3 Å². The van der Waals surface area contributed by atoms with E-state index in [1.54, 1.807) is 6.20 Å². The van der Waals surface area contributed by atoms with Crippen molar-refractivity contribution in [1.82, 2.24) is 9.97 Å². The fourth-order valence-electron chi connectivity index (χ4n) is 3.93. The number of carbonyl (C=O) groups is 1. The van der Waals surface area contributed by atoms with Crippen LogP contribution in [0.2, 0.25) is 0 Å². The lowest BCUT2D eigenvalue weighted by Crippen LogP contribution is -2.35. The van der Waals surface area contributed by atoms with Crippen molar-refractivity contribution >= 4 is 22.6 Å². The molecule has 0 fully saturated rings. The van der Waals surface area contributed by atoms with Crippen molar-refractivity contribution in [3.63, 3.8) is 0 Å². The van der Waals surface area contributed by atoms with Crippen molar-refractivity contribution in [3.05, 3.63) is 69.6 Å². The number of hydrogen-bond acceptors (Lipinski definition) is 3. The van der Waals surface area contributed by atoms with E-state index in [1.165, 1.54) is 6.07 Å². The monoisotopic (exact) mass is 303 g/mol. The molecule has 1 amide bonds. The molecule has 0 bridgehead atoms. The van der Waals surface area contributed by atoms with Crippen molar-refractivity contribution in [2.75, 3.05) is 5.32 Å². The van der Waals surface area contributed by atoms with Gasteiger partial charge in [0.25, 0.3) is 0 Å². The highest BCUT2D eigenvalue weighted by Crippen LogP contribution is 2.47. The first kappa shape index (κ1) is 12.6. The minimum Gasteiger partial charge on any atom is -0.322 e. The normalized spacial score (nSPS) is 21.5. The number of aromatic nitrogens is 2. The molecule has 1 unspecified atom stereocenters. The number of amides is 1. The van der Waals surface area contributed by atoms with Gasteiger partial charge in [-0.15, -0.1) is 0 Å². The lowest BCUT2D eigenvalue weighted by Gasteiger charge is -2.20. The topological polar surface area (TPSA) is 74.8 Å². The van der Waals surface area contributed by atoms with Crippen molar-refractivity contribution in [2.45, 2.75) is 18.3 Å². The number of pyridine rings is 2. The molecule has 5 heteroatoms. The number of nitrogens with zero attached hydrogens (tertiary/aromatic N) is 1. The number of aromatic amines is 1. The van der Waals surface area contributed by atoms with Gasteiger partial charge in [-0.2, -0.15) is 0 Å². The largest absolute Gasteiger partial charge is 0.322 e. The van der Waals surface area contributed by atoms with E-state index in [1.807, 2.05) is 24.3 Å². The zero-order valence-corrected chi connectivity index (χ0v) is 12.2. The Bertz CT molecular complexity index is 1050. The smallest absolute Gasteiger partial charge is 0.248 e. The molecule has 2 aromatic heterocycles. The molecule has 5 nitrogen and oxygen atoms in total. The Morgan fingerprint density at radius 3 is 2.74 bits per heavy atom. The van der Waals surface area contributed by atoms with Crippen molar-refractivity contribution in [3.8, 4) is 0 Å². The maximum Gasteiger partial charge on any atom is 0.248 e. The quantitative estimate of drug-likeness (QED) is 0.666. The highest BCUT2D eigenvalue weighted by Gasteiger charge is 2.51. The maximum absolute atomic E-state index is 12.7. The van der Waals surface area contributed by atoms with Gasteiger partial charge in [0.15, 0.2) is 0 Å². The second-order valence-corrected chi connectivity index (χ2v) is 6.32. The summed E-state index contributed by atoms with van der Waals surface area (Å²) in [5.74, 6) is 0.684. The first-order valence-electron chi connectivity index (χ1n) is 7.57. The molecule has 1 aliphatic heterocycles. The van der Waals surface area contributed by atoms with E-state index in [0.29, 0.717) is 18.7 Å². The molecule has 112 valence electrons. The van der Waals surface area contributed by atoms with E-state index >= 15 is 0 Å². The summed E-state index contributed by atoms with van der Waals surface area (Å²) in [5.41, 5.74) is 3.39. The van der Waals surface area contributed by atoms with Crippen LogP contribution in [0.3, 0.4) is 0 Å². The molecule has 1 aliphatic carbocycles. The van der Waals surface area contributed by atoms with Crippen LogP contribution in [0.4, 0.5) is 5.82 Å². The average molecular weight is 303 g/mol. The lowest BCUT2D eigenvalue weighted by atomic mass is 9.79. The Balaban J connectivity index is 1.71. The second kappa shape index (κ2) is 4.07. The van der Waals surface area contributed by atoms with Crippen LogP contribution in [0.1, 0.15) is 16.7 Å². The van der Waals surface area contributed by atoms with Crippen LogP contribution in [-0.2, 0) is 23.1 Å². The molecule has 0 radical (unpaired) electrons. The van der Waals surface area contributed by atoms with Crippen molar-refractivity contribution in [1.29, 1.82) is 0 Å². The van der Waals surface area contributed by atoms with Gasteiger partial charge in [0.2, 0.25) is 11.5 Å². The number of benzene rings is 1. The van der Waals surface area contributed by atoms with Crippen LogP contribution in [0.25, 0.3) is 10.9 Å². The van der Waals surface area contributed by atoms with E-state index in [2.05, 4.69) is 21.4 Å². The van der Waals surface area contributed by atoms with Gasteiger partial charge in [0.1, 0.15) is 5.82 Å². The first-order chi connectivity index (χ1) is 11.2. The minimum atomic E-state index is -0.566. The third-order valence-corrected chi connectivity index (χ3v) is 5.02. The van der Waals surface area contributed by atoms with Gasteiger partial charge in [-0.05, 0) is 53.6 Å². The number of hydrogen-bond donors (Lipinski definition) is 2. The number of fused-ring (bicyclic) bond motifs is 4. The molecular formula is C18H13N3O2. The molecule has 3 heterocycles. The van der Waals surface area contributed by atoms with Gasteiger partial charge in [0.05, 0.1) is 5.41 Å². The molecule has 2 N–H and O–H groups in total. The highest BCUT2D eigenvalue weighted by atomic mass is 16.2. The first-order valence-corrected chi connectivity index (χ1v) is 7.57. The van der Waals surface area contributed by atoms with Crippen LogP contribution in [0, 0.1) is 0 Å². The summed E-state index contributed by atoms with van der Waals surface area (Å²) >= 11 is 0. The Morgan fingerprint density at radius 1 is 1.04 bits per heavy atom. The van der Waals surface area contributed by atoms with Crippen LogP contribution >= 0.6 is 0 Å². The van der Waals surface area contributed by atoms with Crippen LogP contribution < -0.4 is 10.9 Å². The summed E-state index contributed by atoms with van der Waals surface area (Å²) in [7, 11) is 0. The number of anilines is 1. The maximum atomic E-state index is 12.7. The Kier molecular flexibility index (Phi) is 2.23. The molecule has 5 rings (SSSR count). The predicted molar refractivity (Wildman–Crippen MR) is 86.5 cm³/mol. The van der Waals surface area contributed by atoms with Gasteiger partial charge in [0, 0.05) is 23.3 Å². The summed E-state index contributed by atoms with van der Waals surface area (Å²) in [4.78, 5) is 31.3. The molecular weight excluding hydrogens is 290 g/mol. The van der Waals surface area contributed by atoms with E-state index in [-0.39, 0.29) is 11.5 Å². The van der Waals surface area contributed by atoms with Crippen LogP contribution in [-0.4, -0.2) is 15.9 Å². The predicted octanol–water partition coefficient (Wildman–Crippen LogP) is 1.91. The third kappa shape index (κ3) is 1.59. The number of rotatable bonds is 0.